The van der Waals surface area contributed by atoms with Gasteiger partial charge in [-0.3, -0.25) is 4.98 Å². The Hall–Kier alpha value is -2.68. The molecule has 0 saturated carbocycles. The van der Waals surface area contributed by atoms with Crippen molar-refractivity contribution >= 4 is 10.8 Å². The van der Waals surface area contributed by atoms with Crippen LogP contribution >= 0.6 is 0 Å². The first-order valence-electron chi connectivity index (χ1n) is 10.0. The summed E-state index contributed by atoms with van der Waals surface area (Å²) in [5.74, 6) is 0.826. The highest BCUT2D eigenvalue weighted by Gasteiger charge is 2.04. The van der Waals surface area contributed by atoms with Crippen molar-refractivity contribution in [3.8, 4) is 17.0 Å². The monoisotopic (exact) mass is 377 g/mol. The largest absolute Gasteiger partial charge is 0.490 e. The summed E-state index contributed by atoms with van der Waals surface area (Å²) < 4.78 is 18.4. The molecule has 3 heteroatoms. The van der Waals surface area contributed by atoms with E-state index in [-0.39, 0.29) is 0 Å². The number of aryl methyl sites for hydroxylation is 1. The fraction of sp³-hybridized carbons (Fsp3) is 0.320. The molecule has 1 heterocycles. The molecule has 1 aromatic heterocycles. The van der Waals surface area contributed by atoms with E-state index >= 15 is 0 Å². The van der Waals surface area contributed by atoms with Crippen LogP contribution in [0.25, 0.3) is 22.0 Å². The van der Waals surface area contributed by atoms with Gasteiger partial charge in [0.25, 0.3) is 0 Å². The van der Waals surface area contributed by atoms with E-state index in [0.29, 0.717) is 13.0 Å². The molecule has 0 N–H and O–H groups in total. The molecule has 3 rings (SSSR count). The van der Waals surface area contributed by atoms with Crippen LogP contribution in [-0.4, -0.2) is 17.8 Å². The highest BCUT2D eigenvalue weighted by Crippen LogP contribution is 2.25. The van der Waals surface area contributed by atoms with Crippen molar-refractivity contribution in [2.45, 2.75) is 45.2 Å². The quantitative estimate of drug-likeness (QED) is 0.282. The predicted molar refractivity (Wildman–Crippen MR) is 116 cm³/mol. The number of pyridine rings is 1. The Balaban J connectivity index is 1.62. The summed E-state index contributed by atoms with van der Waals surface area (Å²) >= 11 is 0. The lowest BCUT2D eigenvalue weighted by Crippen LogP contribution is -1.93. The van der Waals surface area contributed by atoms with Gasteiger partial charge in [0.05, 0.1) is 11.9 Å². The average Bonchev–Trinajstić information content (AvgIpc) is 2.71. The molecule has 0 spiro atoms. The summed E-state index contributed by atoms with van der Waals surface area (Å²) in [5.41, 5.74) is 3.40. The number of alkyl halides is 1. The molecule has 28 heavy (non-hydrogen) atoms. The van der Waals surface area contributed by atoms with Crippen LogP contribution in [0, 0.1) is 0 Å². The highest BCUT2D eigenvalue weighted by atomic mass is 19.1. The summed E-state index contributed by atoms with van der Waals surface area (Å²) in [6.45, 7) is 5.80. The second kappa shape index (κ2) is 10.0. The van der Waals surface area contributed by atoms with E-state index in [1.165, 1.54) is 5.56 Å². The van der Waals surface area contributed by atoms with Crippen molar-refractivity contribution in [3.63, 3.8) is 0 Å². The summed E-state index contributed by atoms with van der Waals surface area (Å²) in [7, 11) is 0. The van der Waals surface area contributed by atoms with Crippen LogP contribution < -0.4 is 4.74 Å². The van der Waals surface area contributed by atoms with Crippen molar-refractivity contribution in [2.24, 2.45) is 0 Å². The van der Waals surface area contributed by atoms with Gasteiger partial charge in [-0.2, -0.15) is 0 Å². The normalized spacial score (nSPS) is 12.1. The van der Waals surface area contributed by atoms with E-state index in [4.69, 9.17) is 4.74 Å². The summed E-state index contributed by atoms with van der Waals surface area (Å²) in [6.07, 6.45) is 7.83. The van der Waals surface area contributed by atoms with Crippen LogP contribution in [-0.2, 0) is 6.42 Å². The fourth-order valence-electron chi connectivity index (χ4n) is 3.30. The maximum atomic E-state index is 12.8. The van der Waals surface area contributed by atoms with Gasteiger partial charge < -0.3 is 4.74 Å². The van der Waals surface area contributed by atoms with Gasteiger partial charge in [0.15, 0.2) is 0 Å². The zero-order chi connectivity index (χ0) is 19.8. The second-order valence-electron chi connectivity index (χ2n) is 7.26. The van der Waals surface area contributed by atoms with E-state index in [0.717, 1.165) is 53.5 Å². The van der Waals surface area contributed by atoms with E-state index in [2.05, 4.69) is 48.0 Å². The Morgan fingerprint density at radius 2 is 1.86 bits per heavy atom. The maximum Gasteiger partial charge on any atom is 0.120 e. The first kappa shape index (κ1) is 20.1. The molecule has 1 unspecified atom stereocenters. The summed E-state index contributed by atoms with van der Waals surface area (Å²) in [5, 5.41) is 2.20. The summed E-state index contributed by atoms with van der Waals surface area (Å²) in [6, 6.07) is 16.8. The number of ether oxygens (including phenoxy) is 1. The average molecular weight is 378 g/mol. The molecule has 0 radical (unpaired) electrons. The lowest BCUT2D eigenvalue weighted by Gasteiger charge is -2.08. The number of hydrogen-bond acceptors (Lipinski definition) is 2. The molecule has 0 amide bonds. The van der Waals surface area contributed by atoms with Gasteiger partial charge in [0, 0.05) is 17.1 Å². The molecule has 3 aromatic rings. The van der Waals surface area contributed by atoms with Gasteiger partial charge in [-0.15, -0.1) is 0 Å². The molecule has 2 aromatic carbocycles. The predicted octanol–water partition coefficient (Wildman–Crippen LogP) is 6.93. The van der Waals surface area contributed by atoms with Gasteiger partial charge in [-0.25, -0.2) is 4.39 Å². The Kier molecular flexibility index (Phi) is 7.18. The van der Waals surface area contributed by atoms with E-state index in [1.54, 1.807) is 13.0 Å². The Morgan fingerprint density at radius 1 is 1.04 bits per heavy atom. The van der Waals surface area contributed by atoms with Crippen LogP contribution in [0.15, 0.2) is 67.4 Å². The van der Waals surface area contributed by atoms with Gasteiger partial charge in [-0.1, -0.05) is 55.8 Å². The lowest BCUT2D eigenvalue weighted by molar-refractivity contribution is 0.330. The van der Waals surface area contributed by atoms with E-state index in [9.17, 15) is 4.39 Å². The molecule has 0 aliphatic heterocycles. The molecular weight excluding hydrogens is 349 g/mol. The smallest absolute Gasteiger partial charge is 0.120 e. The van der Waals surface area contributed by atoms with Crippen LogP contribution in [0.5, 0.6) is 5.75 Å². The summed E-state index contributed by atoms with van der Waals surface area (Å²) in [4.78, 5) is 4.62. The van der Waals surface area contributed by atoms with Crippen LogP contribution in [0.2, 0.25) is 0 Å². The molecule has 0 aliphatic rings. The lowest BCUT2D eigenvalue weighted by atomic mass is 10.0. The molecule has 146 valence electrons. The highest BCUT2D eigenvalue weighted by molar-refractivity contribution is 5.86. The zero-order valence-electron chi connectivity index (χ0n) is 16.5. The van der Waals surface area contributed by atoms with Crippen LogP contribution in [0.3, 0.4) is 0 Å². The maximum absolute atomic E-state index is 12.8. The van der Waals surface area contributed by atoms with Gasteiger partial charge in [0.1, 0.15) is 12.4 Å². The number of hydrogen-bond donors (Lipinski definition) is 0. The minimum atomic E-state index is -0.681. The topological polar surface area (TPSA) is 22.1 Å². The van der Waals surface area contributed by atoms with Crippen molar-refractivity contribution in [1.29, 1.82) is 0 Å². The number of halogens is 1. The molecule has 0 saturated heterocycles. The van der Waals surface area contributed by atoms with Gasteiger partial charge in [0.2, 0.25) is 0 Å². The SMILES string of the molecule is C=CCOc1ccc2cc(-c3ccc(CCCCCC(C)F)cc3)ncc2c1. The number of benzene rings is 2. The van der Waals surface area contributed by atoms with Gasteiger partial charge >= 0.3 is 0 Å². The van der Waals surface area contributed by atoms with E-state index < -0.39 is 6.17 Å². The number of unbranched alkanes of at least 4 members (excludes halogenated alkanes) is 2. The van der Waals surface area contributed by atoms with Crippen molar-refractivity contribution in [1.82, 2.24) is 4.98 Å². The number of rotatable bonds is 10. The fourth-order valence-corrected chi connectivity index (χ4v) is 3.30. The standard InChI is InChI=1S/C25H28FNO/c1-3-15-28-24-14-13-22-17-25(27-18-23(22)16-24)21-11-9-20(10-12-21)8-6-4-5-7-19(2)26/h3,9-14,16-19H,1,4-8,15H2,2H3. The van der Waals surface area contributed by atoms with Gasteiger partial charge in [-0.05, 0) is 55.3 Å². The Morgan fingerprint density at radius 3 is 2.61 bits per heavy atom. The Labute approximate surface area is 167 Å². The molecule has 0 fully saturated rings. The molecule has 0 aliphatic carbocycles. The minimum Gasteiger partial charge on any atom is -0.490 e. The third-order valence-corrected chi connectivity index (χ3v) is 4.88. The third kappa shape index (κ3) is 5.66. The first-order valence-corrected chi connectivity index (χ1v) is 10.0. The third-order valence-electron chi connectivity index (χ3n) is 4.88. The molecule has 2 nitrogen and oxygen atoms in total. The molecule has 1 atom stereocenters. The van der Waals surface area contributed by atoms with Crippen molar-refractivity contribution in [2.75, 3.05) is 6.61 Å². The molecular formula is C25H28FNO. The number of aromatic nitrogens is 1. The Bertz CT molecular complexity index is 902. The first-order chi connectivity index (χ1) is 13.7. The number of nitrogens with zero attached hydrogens (tertiary/aromatic N) is 1. The van der Waals surface area contributed by atoms with E-state index in [1.807, 2.05) is 18.3 Å². The van der Waals surface area contributed by atoms with Crippen LogP contribution in [0.4, 0.5) is 4.39 Å². The van der Waals surface area contributed by atoms with Crippen molar-refractivity contribution in [3.05, 3.63) is 72.9 Å². The zero-order valence-corrected chi connectivity index (χ0v) is 16.5. The number of fused-ring (bicyclic) bond motifs is 1. The second-order valence-corrected chi connectivity index (χ2v) is 7.26. The minimum absolute atomic E-state index is 0.498. The van der Waals surface area contributed by atoms with Crippen molar-refractivity contribution < 1.29 is 9.13 Å². The van der Waals surface area contributed by atoms with Crippen LogP contribution in [0.1, 0.15) is 38.2 Å². The molecule has 0 bridgehead atoms.